The Balaban J connectivity index is 1.45. The fourth-order valence-corrected chi connectivity index (χ4v) is 5.45. The van der Waals surface area contributed by atoms with E-state index in [1.165, 1.54) is 64.4 Å². The summed E-state index contributed by atoms with van der Waals surface area (Å²) in [5.74, 6) is 0.0743. The second-order valence-electron chi connectivity index (χ2n) is 9.17. The average molecular weight is 381 g/mol. The first-order valence-corrected chi connectivity index (χ1v) is 11.1. The maximum atomic E-state index is 14.3. The average Bonchev–Trinajstić information content (AvgIpc) is 2.69. The molecule has 0 aromatic heterocycles. The first kappa shape index (κ1) is 20.7. The normalized spacial score (nSPS) is 29.1. The van der Waals surface area contributed by atoms with Gasteiger partial charge in [-0.3, -0.25) is 0 Å². The highest BCUT2D eigenvalue weighted by Crippen LogP contribution is 2.41. The fourth-order valence-electron chi connectivity index (χ4n) is 5.45. The summed E-state index contributed by atoms with van der Waals surface area (Å²) in [6, 6.07) is 1.23. The van der Waals surface area contributed by atoms with E-state index >= 15 is 0 Å². The summed E-state index contributed by atoms with van der Waals surface area (Å²) in [5, 5.41) is 0. The van der Waals surface area contributed by atoms with Crippen molar-refractivity contribution in [3.8, 4) is 0 Å². The van der Waals surface area contributed by atoms with Crippen molar-refractivity contribution in [3.05, 3.63) is 34.6 Å². The van der Waals surface area contributed by atoms with Crippen LogP contribution in [0.4, 0.5) is 13.2 Å². The molecule has 0 unspecified atom stereocenters. The lowest BCUT2D eigenvalue weighted by atomic mass is 9.74. The lowest BCUT2D eigenvalue weighted by Gasteiger charge is -2.32. The van der Waals surface area contributed by atoms with Gasteiger partial charge in [-0.05, 0) is 67.9 Å². The molecule has 0 nitrogen and oxygen atoms in total. The zero-order valence-corrected chi connectivity index (χ0v) is 17.0. The zero-order valence-electron chi connectivity index (χ0n) is 17.0. The lowest BCUT2D eigenvalue weighted by Crippen LogP contribution is -2.18. The smallest absolute Gasteiger partial charge is 0.164 e. The van der Waals surface area contributed by atoms with Gasteiger partial charge in [0.2, 0.25) is 0 Å². The van der Waals surface area contributed by atoms with Crippen molar-refractivity contribution < 1.29 is 13.2 Å². The molecule has 0 amide bonds. The van der Waals surface area contributed by atoms with Crippen molar-refractivity contribution in [1.29, 1.82) is 0 Å². The summed E-state index contributed by atoms with van der Waals surface area (Å²) in [5.41, 5.74) is 0.0434. The van der Waals surface area contributed by atoms with Crippen molar-refractivity contribution >= 4 is 0 Å². The molecule has 2 fully saturated rings. The Bertz CT molecular complexity index is 609. The van der Waals surface area contributed by atoms with Crippen LogP contribution in [0.2, 0.25) is 0 Å². The third kappa shape index (κ3) is 5.09. The van der Waals surface area contributed by atoms with E-state index in [-0.39, 0.29) is 17.0 Å². The van der Waals surface area contributed by atoms with Crippen molar-refractivity contribution in [2.24, 2.45) is 17.8 Å². The topological polar surface area (TPSA) is 0 Å². The first-order valence-electron chi connectivity index (χ1n) is 11.1. The molecule has 3 rings (SSSR count). The minimum absolute atomic E-state index is 0.0321. The lowest BCUT2D eigenvalue weighted by molar-refractivity contribution is 0.223. The van der Waals surface area contributed by atoms with E-state index in [2.05, 4.69) is 6.92 Å². The van der Waals surface area contributed by atoms with E-state index in [4.69, 9.17) is 0 Å². The first-order chi connectivity index (χ1) is 13.0. The van der Waals surface area contributed by atoms with E-state index in [1.807, 2.05) is 0 Å². The number of rotatable bonds is 6. The Morgan fingerprint density at radius 1 is 0.741 bits per heavy atom. The van der Waals surface area contributed by atoms with Crippen LogP contribution in [0.3, 0.4) is 0 Å². The van der Waals surface area contributed by atoms with Crippen LogP contribution in [0.5, 0.6) is 0 Å². The number of halogens is 3. The second-order valence-corrected chi connectivity index (χ2v) is 9.17. The van der Waals surface area contributed by atoms with E-state index in [0.29, 0.717) is 5.92 Å². The predicted molar refractivity (Wildman–Crippen MR) is 105 cm³/mol. The molecule has 1 aromatic carbocycles. The Hall–Kier alpha value is -0.990. The summed E-state index contributed by atoms with van der Waals surface area (Å²) in [6.45, 7) is 3.58. The van der Waals surface area contributed by atoms with Gasteiger partial charge in [-0.1, -0.05) is 58.3 Å². The van der Waals surface area contributed by atoms with Gasteiger partial charge in [-0.25, -0.2) is 13.2 Å². The van der Waals surface area contributed by atoms with Crippen LogP contribution in [0.15, 0.2) is 6.07 Å². The van der Waals surface area contributed by atoms with Gasteiger partial charge in [0.1, 0.15) is 5.82 Å². The molecule has 2 aliphatic rings. The highest BCUT2D eigenvalue weighted by Gasteiger charge is 2.28. The molecule has 1 aromatic rings. The molecular formula is C24H35F3. The van der Waals surface area contributed by atoms with Crippen LogP contribution in [0, 0.1) is 42.1 Å². The molecule has 0 saturated heterocycles. The predicted octanol–water partition coefficient (Wildman–Crippen LogP) is 8.07. The van der Waals surface area contributed by atoms with Crippen molar-refractivity contribution in [2.75, 3.05) is 0 Å². The van der Waals surface area contributed by atoms with Crippen molar-refractivity contribution in [1.82, 2.24) is 0 Å². The largest absolute Gasteiger partial charge is 0.207 e. The Labute approximate surface area is 162 Å². The number of hydrogen-bond acceptors (Lipinski definition) is 0. The third-order valence-electron chi connectivity index (χ3n) is 7.35. The molecule has 152 valence electrons. The zero-order chi connectivity index (χ0) is 19.4. The van der Waals surface area contributed by atoms with E-state index < -0.39 is 17.5 Å². The summed E-state index contributed by atoms with van der Waals surface area (Å²) in [7, 11) is 0. The Kier molecular flexibility index (Phi) is 7.28. The van der Waals surface area contributed by atoms with Gasteiger partial charge in [-0.15, -0.1) is 0 Å². The SMILES string of the molecule is CCC[C@H]1CC[C@H](CCC2CCC(c3cc(F)c(C)c(F)c3F)CC2)CC1. The quantitative estimate of drug-likeness (QED) is 0.438. The summed E-state index contributed by atoms with van der Waals surface area (Å²) >= 11 is 0. The molecule has 3 heteroatoms. The molecule has 0 spiro atoms. The molecule has 27 heavy (non-hydrogen) atoms. The van der Waals surface area contributed by atoms with E-state index in [0.717, 1.165) is 37.5 Å². The van der Waals surface area contributed by atoms with Gasteiger partial charge in [-0.2, -0.15) is 0 Å². The molecule has 2 saturated carbocycles. The number of hydrogen-bond donors (Lipinski definition) is 0. The standard InChI is InChI=1S/C24H35F3/c1-3-4-17-5-7-18(8-6-17)9-10-19-11-13-20(14-12-19)21-15-22(25)16(2)23(26)24(21)27/h15,17-20H,3-14H2,1-2H3/t17-,18-,19?,20?. The van der Waals surface area contributed by atoms with Crippen LogP contribution in [-0.4, -0.2) is 0 Å². The maximum absolute atomic E-state index is 14.3. The molecule has 0 atom stereocenters. The highest BCUT2D eigenvalue weighted by atomic mass is 19.2. The molecule has 0 N–H and O–H groups in total. The van der Waals surface area contributed by atoms with Crippen LogP contribution < -0.4 is 0 Å². The van der Waals surface area contributed by atoms with Gasteiger partial charge in [0.05, 0.1) is 0 Å². The maximum Gasteiger partial charge on any atom is 0.164 e. The minimum Gasteiger partial charge on any atom is -0.207 e. The van der Waals surface area contributed by atoms with Gasteiger partial charge in [0.15, 0.2) is 11.6 Å². The molecule has 0 aliphatic heterocycles. The highest BCUT2D eigenvalue weighted by molar-refractivity contribution is 5.30. The molecule has 0 heterocycles. The van der Waals surface area contributed by atoms with Gasteiger partial charge in [0, 0.05) is 5.56 Å². The Morgan fingerprint density at radius 3 is 1.74 bits per heavy atom. The monoisotopic (exact) mass is 380 g/mol. The Morgan fingerprint density at radius 2 is 1.22 bits per heavy atom. The van der Waals surface area contributed by atoms with E-state index in [9.17, 15) is 13.2 Å². The minimum atomic E-state index is -1.01. The number of benzene rings is 1. The molecule has 0 bridgehead atoms. The fraction of sp³-hybridized carbons (Fsp3) is 0.750. The van der Waals surface area contributed by atoms with Crippen LogP contribution in [0.25, 0.3) is 0 Å². The van der Waals surface area contributed by atoms with Gasteiger partial charge < -0.3 is 0 Å². The molecule has 2 aliphatic carbocycles. The summed E-state index contributed by atoms with van der Waals surface area (Å²) in [6.07, 6.45) is 14.8. The van der Waals surface area contributed by atoms with E-state index in [1.54, 1.807) is 0 Å². The van der Waals surface area contributed by atoms with Crippen molar-refractivity contribution in [3.63, 3.8) is 0 Å². The van der Waals surface area contributed by atoms with Gasteiger partial charge >= 0.3 is 0 Å². The van der Waals surface area contributed by atoms with Crippen LogP contribution in [-0.2, 0) is 0 Å². The van der Waals surface area contributed by atoms with Gasteiger partial charge in [0.25, 0.3) is 0 Å². The third-order valence-corrected chi connectivity index (χ3v) is 7.35. The summed E-state index contributed by atoms with van der Waals surface area (Å²) < 4.78 is 42.0. The second kappa shape index (κ2) is 9.47. The van der Waals surface area contributed by atoms with Crippen LogP contribution in [0.1, 0.15) is 101 Å². The molecular weight excluding hydrogens is 345 g/mol. The van der Waals surface area contributed by atoms with Crippen molar-refractivity contribution in [2.45, 2.75) is 96.8 Å². The van der Waals surface area contributed by atoms with Crippen LogP contribution >= 0.6 is 0 Å². The summed E-state index contributed by atoms with van der Waals surface area (Å²) in [4.78, 5) is 0. The molecule has 0 radical (unpaired) electrons.